The highest BCUT2D eigenvalue weighted by atomic mass is 35.5. The summed E-state index contributed by atoms with van der Waals surface area (Å²) in [5.74, 6) is 0. The lowest BCUT2D eigenvalue weighted by molar-refractivity contribution is 0.0477. The molecule has 15 heavy (non-hydrogen) atoms. The molecule has 1 aliphatic carbocycles. The zero-order valence-electron chi connectivity index (χ0n) is 8.63. The van der Waals surface area contributed by atoms with Gasteiger partial charge in [-0.15, -0.1) is 11.6 Å². The Labute approximate surface area is 100 Å². The predicted octanol–water partition coefficient (Wildman–Crippen LogP) is 3.40. The van der Waals surface area contributed by atoms with Crippen LogP contribution in [0.4, 0.5) is 0 Å². The summed E-state index contributed by atoms with van der Waals surface area (Å²) in [6.07, 6.45) is 2.27. The molecule has 1 N–H and O–H groups in total. The summed E-state index contributed by atoms with van der Waals surface area (Å²) in [6, 6.07) is 7.57. The van der Waals surface area contributed by atoms with E-state index in [0.717, 1.165) is 18.4 Å². The van der Waals surface area contributed by atoms with Gasteiger partial charge in [0.25, 0.3) is 0 Å². The van der Waals surface area contributed by atoms with Gasteiger partial charge < -0.3 is 5.11 Å². The van der Waals surface area contributed by atoms with Crippen molar-refractivity contribution in [1.82, 2.24) is 0 Å². The molecule has 0 heterocycles. The van der Waals surface area contributed by atoms with E-state index in [1.807, 2.05) is 24.3 Å². The fourth-order valence-corrected chi connectivity index (χ4v) is 2.18. The van der Waals surface area contributed by atoms with Gasteiger partial charge in [0.1, 0.15) is 0 Å². The lowest BCUT2D eigenvalue weighted by Crippen LogP contribution is -2.39. The number of hydrogen-bond donors (Lipinski definition) is 1. The number of hydrogen-bond acceptors (Lipinski definition) is 1. The molecule has 0 spiro atoms. The van der Waals surface area contributed by atoms with E-state index in [-0.39, 0.29) is 0 Å². The predicted molar refractivity (Wildman–Crippen MR) is 63.6 cm³/mol. The van der Waals surface area contributed by atoms with Gasteiger partial charge in [0.05, 0.1) is 10.5 Å². The van der Waals surface area contributed by atoms with E-state index in [0.29, 0.717) is 11.4 Å². The van der Waals surface area contributed by atoms with Crippen molar-refractivity contribution < 1.29 is 5.11 Å². The Kier molecular flexibility index (Phi) is 2.74. The summed E-state index contributed by atoms with van der Waals surface area (Å²) < 4.78 is 0. The molecule has 3 heteroatoms. The second-order valence-corrected chi connectivity index (χ2v) is 5.64. The Hall–Kier alpha value is -0.240. The fraction of sp³-hybridized carbons (Fsp3) is 0.500. The van der Waals surface area contributed by atoms with Gasteiger partial charge in [-0.1, -0.05) is 29.8 Å². The number of aliphatic hydroxyl groups is 1. The van der Waals surface area contributed by atoms with Gasteiger partial charge >= 0.3 is 0 Å². The Morgan fingerprint density at radius 2 is 2.00 bits per heavy atom. The van der Waals surface area contributed by atoms with Crippen molar-refractivity contribution in [3.63, 3.8) is 0 Å². The Morgan fingerprint density at radius 3 is 2.53 bits per heavy atom. The highest BCUT2D eigenvalue weighted by molar-refractivity contribution is 6.31. The summed E-state index contributed by atoms with van der Waals surface area (Å²) in [7, 11) is 0. The van der Waals surface area contributed by atoms with Crippen LogP contribution in [0.1, 0.15) is 25.3 Å². The van der Waals surface area contributed by atoms with Crippen LogP contribution in [0.3, 0.4) is 0 Å². The molecule has 1 fully saturated rings. The van der Waals surface area contributed by atoms with E-state index in [4.69, 9.17) is 23.2 Å². The molecule has 1 atom stereocenters. The molecular formula is C12H14Cl2O. The first-order valence-electron chi connectivity index (χ1n) is 5.09. The summed E-state index contributed by atoms with van der Waals surface area (Å²) in [4.78, 5) is -0.438. The lowest BCUT2D eigenvalue weighted by Gasteiger charge is -2.29. The van der Waals surface area contributed by atoms with Gasteiger partial charge in [-0.3, -0.25) is 0 Å². The van der Waals surface area contributed by atoms with Crippen LogP contribution in [0, 0.1) is 0 Å². The number of halogens is 2. The molecule has 1 unspecified atom stereocenters. The largest absolute Gasteiger partial charge is 0.388 e. The minimum atomic E-state index is -0.875. The molecule has 2 rings (SSSR count). The average Bonchev–Trinajstić information content (AvgIpc) is 2.89. The maximum absolute atomic E-state index is 10.3. The van der Waals surface area contributed by atoms with Crippen LogP contribution in [0.15, 0.2) is 24.3 Å². The smallest absolute Gasteiger partial charge is 0.0851 e. The summed E-state index contributed by atoms with van der Waals surface area (Å²) >= 11 is 12.3. The van der Waals surface area contributed by atoms with Crippen molar-refractivity contribution in [1.29, 1.82) is 0 Å². The van der Waals surface area contributed by atoms with Crippen LogP contribution < -0.4 is 0 Å². The van der Waals surface area contributed by atoms with Crippen molar-refractivity contribution >= 4 is 23.2 Å². The van der Waals surface area contributed by atoms with Gasteiger partial charge in [0, 0.05) is 11.4 Å². The van der Waals surface area contributed by atoms with Crippen molar-refractivity contribution in [2.75, 3.05) is 0 Å². The third-order valence-corrected chi connectivity index (χ3v) is 4.30. The molecule has 1 aromatic carbocycles. The second-order valence-electron chi connectivity index (χ2n) is 4.51. The van der Waals surface area contributed by atoms with E-state index >= 15 is 0 Å². The summed E-state index contributed by atoms with van der Waals surface area (Å²) in [5, 5.41) is 11.0. The van der Waals surface area contributed by atoms with Crippen LogP contribution in [0.25, 0.3) is 0 Å². The van der Waals surface area contributed by atoms with Gasteiger partial charge in [-0.25, -0.2) is 0 Å². The molecule has 1 nitrogen and oxygen atoms in total. The first kappa shape index (κ1) is 11.3. The quantitative estimate of drug-likeness (QED) is 0.809. The Morgan fingerprint density at radius 1 is 1.40 bits per heavy atom. The van der Waals surface area contributed by atoms with Crippen molar-refractivity contribution in [3.05, 3.63) is 34.9 Å². The maximum Gasteiger partial charge on any atom is 0.0851 e. The maximum atomic E-state index is 10.3. The third-order valence-electron chi connectivity index (χ3n) is 3.15. The zero-order valence-corrected chi connectivity index (χ0v) is 10.1. The van der Waals surface area contributed by atoms with Crippen LogP contribution in [-0.2, 0) is 6.42 Å². The van der Waals surface area contributed by atoms with Gasteiger partial charge in [-0.2, -0.15) is 0 Å². The van der Waals surface area contributed by atoms with Crippen LogP contribution in [-0.4, -0.2) is 15.6 Å². The molecule has 1 saturated carbocycles. The third kappa shape index (κ3) is 2.15. The molecule has 82 valence electrons. The van der Waals surface area contributed by atoms with Crippen LogP contribution in [0.2, 0.25) is 5.02 Å². The van der Waals surface area contributed by atoms with Crippen molar-refractivity contribution in [2.45, 2.75) is 36.7 Å². The zero-order chi connectivity index (χ0) is 11.1. The van der Waals surface area contributed by atoms with E-state index < -0.39 is 10.5 Å². The first-order chi connectivity index (χ1) is 6.95. The number of alkyl halides is 1. The topological polar surface area (TPSA) is 20.2 Å². The summed E-state index contributed by atoms with van der Waals surface area (Å²) in [6.45, 7) is 1.79. The molecular weight excluding hydrogens is 231 g/mol. The number of benzene rings is 1. The molecule has 0 radical (unpaired) electrons. The average molecular weight is 245 g/mol. The SMILES string of the molecule is CC(O)(Cc1ccccc1Cl)C1(Cl)CC1. The van der Waals surface area contributed by atoms with Crippen molar-refractivity contribution in [3.8, 4) is 0 Å². The van der Waals surface area contributed by atoms with Gasteiger partial charge in [0.15, 0.2) is 0 Å². The molecule has 0 aliphatic heterocycles. The van der Waals surface area contributed by atoms with Gasteiger partial charge in [0.2, 0.25) is 0 Å². The molecule has 0 aromatic heterocycles. The molecule has 0 bridgehead atoms. The standard InChI is InChI=1S/C12H14Cl2O/c1-11(15,12(14)6-7-12)8-9-4-2-3-5-10(9)13/h2-5,15H,6-8H2,1H3. The summed E-state index contributed by atoms with van der Waals surface area (Å²) in [5.41, 5.74) is 0.0793. The van der Waals surface area contributed by atoms with E-state index in [9.17, 15) is 5.11 Å². The van der Waals surface area contributed by atoms with Crippen LogP contribution >= 0.6 is 23.2 Å². The fourth-order valence-electron chi connectivity index (χ4n) is 1.82. The monoisotopic (exact) mass is 244 g/mol. The minimum absolute atomic E-state index is 0.438. The molecule has 0 saturated heterocycles. The molecule has 0 amide bonds. The molecule has 1 aromatic rings. The molecule has 1 aliphatic rings. The van der Waals surface area contributed by atoms with Crippen LogP contribution in [0.5, 0.6) is 0 Å². The van der Waals surface area contributed by atoms with Gasteiger partial charge in [-0.05, 0) is 31.4 Å². The minimum Gasteiger partial charge on any atom is -0.388 e. The van der Waals surface area contributed by atoms with E-state index in [1.54, 1.807) is 6.92 Å². The van der Waals surface area contributed by atoms with E-state index in [1.165, 1.54) is 0 Å². The lowest BCUT2D eigenvalue weighted by atomic mass is 9.91. The highest BCUT2D eigenvalue weighted by Gasteiger charge is 2.54. The normalized spacial score (nSPS) is 22.1. The second kappa shape index (κ2) is 3.65. The Bertz CT molecular complexity index is 370. The first-order valence-corrected chi connectivity index (χ1v) is 5.85. The Balaban J connectivity index is 2.18. The van der Waals surface area contributed by atoms with E-state index in [2.05, 4.69) is 0 Å². The number of rotatable bonds is 3. The van der Waals surface area contributed by atoms with Crippen molar-refractivity contribution in [2.24, 2.45) is 0 Å². The highest BCUT2D eigenvalue weighted by Crippen LogP contribution is 2.52.